The van der Waals surface area contributed by atoms with Crippen molar-refractivity contribution in [2.45, 2.75) is 46.7 Å². The molecule has 1 aliphatic rings. The molecule has 1 aromatic heterocycles. The Morgan fingerprint density at radius 3 is 2.72 bits per heavy atom. The van der Waals surface area contributed by atoms with Gasteiger partial charge < -0.3 is 5.32 Å². The molecule has 1 unspecified atom stereocenters. The quantitative estimate of drug-likeness (QED) is 0.913. The smallest absolute Gasteiger partial charge is 0.0641 e. The first-order chi connectivity index (χ1) is 8.42. The van der Waals surface area contributed by atoms with E-state index in [1.165, 1.54) is 29.2 Å². The third kappa shape index (κ3) is 2.75. The van der Waals surface area contributed by atoms with E-state index in [-0.39, 0.29) is 0 Å². The van der Waals surface area contributed by atoms with Gasteiger partial charge in [-0.1, -0.05) is 13.8 Å². The number of aromatic nitrogens is 2. The first kappa shape index (κ1) is 13.9. The Morgan fingerprint density at radius 2 is 2.17 bits per heavy atom. The lowest BCUT2D eigenvalue weighted by atomic mass is 9.82. The van der Waals surface area contributed by atoms with E-state index in [0.29, 0.717) is 11.5 Å². The summed E-state index contributed by atoms with van der Waals surface area (Å²) in [5.41, 5.74) is 4.21. The van der Waals surface area contributed by atoms with Crippen molar-refractivity contribution in [3.8, 4) is 0 Å². The van der Waals surface area contributed by atoms with Gasteiger partial charge in [0.15, 0.2) is 0 Å². The second-order valence-corrected chi connectivity index (χ2v) is 7.17. The van der Waals surface area contributed by atoms with Gasteiger partial charge in [0.05, 0.1) is 5.69 Å². The topological polar surface area (TPSA) is 29.9 Å². The van der Waals surface area contributed by atoms with Crippen LogP contribution >= 0.6 is 11.8 Å². The summed E-state index contributed by atoms with van der Waals surface area (Å²) in [6.45, 7) is 9.96. The van der Waals surface area contributed by atoms with Crippen molar-refractivity contribution >= 4 is 11.8 Å². The van der Waals surface area contributed by atoms with Crippen molar-refractivity contribution in [2.75, 3.05) is 11.5 Å². The largest absolute Gasteiger partial charge is 0.308 e. The third-order valence-electron chi connectivity index (χ3n) is 4.30. The molecule has 1 N–H and O–H groups in total. The van der Waals surface area contributed by atoms with Gasteiger partial charge >= 0.3 is 0 Å². The SMILES string of the molecule is Cc1nn(C)c(C)c1CNC1CSCCC1(C)C. The predicted molar refractivity (Wildman–Crippen MR) is 79.0 cm³/mol. The molecule has 0 saturated carbocycles. The average Bonchev–Trinajstić information content (AvgIpc) is 2.52. The van der Waals surface area contributed by atoms with Crippen LogP contribution < -0.4 is 5.32 Å². The van der Waals surface area contributed by atoms with Crippen LogP contribution in [0.1, 0.15) is 37.2 Å². The van der Waals surface area contributed by atoms with Crippen LogP contribution in [0.4, 0.5) is 0 Å². The fraction of sp³-hybridized carbons (Fsp3) is 0.786. The Labute approximate surface area is 115 Å². The summed E-state index contributed by atoms with van der Waals surface area (Å²) in [6, 6.07) is 0.607. The summed E-state index contributed by atoms with van der Waals surface area (Å²) in [6.07, 6.45) is 1.31. The van der Waals surface area contributed by atoms with Crippen molar-refractivity contribution in [3.63, 3.8) is 0 Å². The molecule has 1 aliphatic heterocycles. The minimum atomic E-state index is 0.412. The van der Waals surface area contributed by atoms with Crippen LogP contribution in [0.25, 0.3) is 0 Å². The molecule has 1 saturated heterocycles. The van der Waals surface area contributed by atoms with E-state index < -0.39 is 0 Å². The van der Waals surface area contributed by atoms with E-state index in [1.54, 1.807) is 0 Å². The molecule has 0 radical (unpaired) electrons. The maximum absolute atomic E-state index is 4.48. The van der Waals surface area contributed by atoms with Crippen LogP contribution in [0.15, 0.2) is 0 Å². The molecule has 1 fully saturated rings. The van der Waals surface area contributed by atoms with Gasteiger partial charge in [-0.3, -0.25) is 4.68 Å². The summed E-state index contributed by atoms with van der Waals surface area (Å²) in [5.74, 6) is 2.53. The van der Waals surface area contributed by atoms with E-state index in [0.717, 1.165) is 12.2 Å². The minimum absolute atomic E-state index is 0.412. The lowest BCUT2D eigenvalue weighted by molar-refractivity contribution is 0.244. The molecule has 0 aromatic carbocycles. The first-order valence-electron chi connectivity index (χ1n) is 6.72. The second-order valence-electron chi connectivity index (χ2n) is 6.02. The molecule has 0 bridgehead atoms. The van der Waals surface area contributed by atoms with Crippen LogP contribution in [0.5, 0.6) is 0 Å². The second kappa shape index (κ2) is 5.25. The molecular weight excluding hydrogens is 242 g/mol. The molecule has 18 heavy (non-hydrogen) atoms. The number of hydrogen-bond donors (Lipinski definition) is 1. The van der Waals surface area contributed by atoms with Crippen LogP contribution in [-0.2, 0) is 13.6 Å². The molecule has 2 heterocycles. The molecule has 1 aromatic rings. The summed E-state index contributed by atoms with van der Waals surface area (Å²) < 4.78 is 1.98. The Morgan fingerprint density at radius 1 is 1.44 bits per heavy atom. The highest BCUT2D eigenvalue weighted by Crippen LogP contribution is 2.34. The maximum Gasteiger partial charge on any atom is 0.0641 e. The van der Waals surface area contributed by atoms with Gasteiger partial charge in [-0.15, -0.1) is 0 Å². The van der Waals surface area contributed by atoms with E-state index >= 15 is 0 Å². The van der Waals surface area contributed by atoms with Crippen LogP contribution in [0, 0.1) is 19.3 Å². The normalized spacial score (nSPS) is 23.3. The zero-order chi connectivity index (χ0) is 13.3. The average molecular weight is 267 g/mol. The Kier molecular flexibility index (Phi) is 4.07. The Bertz CT molecular complexity index is 423. The molecular formula is C14H25N3S. The minimum Gasteiger partial charge on any atom is -0.308 e. The maximum atomic E-state index is 4.48. The lowest BCUT2D eigenvalue weighted by Crippen LogP contribution is -2.46. The molecule has 0 amide bonds. The lowest BCUT2D eigenvalue weighted by Gasteiger charge is -2.39. The third-order valence-corrected chi connectivity index (χ3v) is 5.36. The summed E-state index contributed by atoms with van der Waals surface area (Å²) >= 11 is 2.07. The van der Waals surface area contributed by atoms with Gasteiger partial charge in [-0.25, -0.2) is 0 Å². The molecule has 0 spiro atoms. The van der Waals surface area contributed by atoms with E-state index in [4.69, 9.17) is 0 Å². The van der Waals surface area contributed by atoms with Crippen molar-refractivity contribution in [1.82, 2.24) is 15.1 Å². The van der Waals surface area contributed by atoms with Gasteiger partial charge in [0.1, 0.15) is 0 Å². The highest BCUT2D eigenvalue weighted by atomic mass is 32.2. The molecule has 4 heteroatoms. The number of rotatable bonds is 3. The molecule has 2 rings (SSSR count). The van der Waals surface area contributed by atoms with Gasteiger partial charge in [0.2, 0.25) is 0 Å². The van der Waals surface area contributed by atoms with Crippen molar-refractivity contribution < 1.29 is 0 Å². The summed E-state index contributed by atoms with van der Waals surface area (Å²) in [7, 11) is 2.02. The summed E-state index contributed by atoms with van der Waals surface area (Å²) in [4.78, 5) is 0. The van der Waals surface area contributed by atoms with Gasteiger partial charge in [-0.2, -0.15) is 16.9 Å². The number of nitrogens with one attached hydrogen (secondary N) is 1. The standard InChI is InChI=1S/C14H25N3S/c1-10-12(11(2)17(5)16-10)8-15-13-9-18-7-6-14(13,3)4/h13,15H,6-9H2,1-5H3. The van der Waals surface area contributed by atoms with E-state index in [1.807, 2.05) is 11.7 Å². The Balaban J connectivity index is 2.03. The molecule has 1 atom stereocenters. The number of hydrogen-bond acceptors (Lipinski definition) is 3. The number of aryl methyl sites for hydroxylation is 2. The van der Waals surface area contributed by atoms with Crippen LogP contribution in [0.3, 0.4) is 0 Å². The van der Waals surface area contributed by atoms with Crippen LogP contribution in [0.2, 0.25) is 0 Å². The highest BCUT2D eigenvalue weighted by Gasteiger charge is 2.32. The van der Waals surface area contributed by atoms with E-state index in [2.05, 4.69) is 49.9 Å². The van der Waals surface area contributed by atoms with Crippen molar-refractivity contribution in [2.24, 2.45) is 12.5 Å². The monoisotopic (exact) mass is 267 g/mol. The molecule has 102 valence electrons. The Hall–Kier alpha value is -0.480. The summed E-state index contributed by atoms with van der Waals surface area (Å²) in [5, 5.41) is 8.23. The van der Waals surface area contributed by atoms with Crippen molar-refractivity contribution in [3.05, 3.63) is 17.0 Å². The first-order valence-corrected chi connectivity index (χ1v) is 7.87. The fourth-order valence-corrected chi connectivity index (χ4v) is 4.21. The number of thioether (sulfide) groups is 1. The molecule has 3 nitrogen and oxygen atoms in total. The highest BCUT2D eigenvalue weighted by molar-refractivity contribution is 7.99. The zero-order valence-corrected chi connectivity index (χ0v) is 13.0. The predicted octanol–water partition coefficient (Wildman–Crippen LogP) is 2.66. The van der Waals surface area contributed by atoms with Crippen molar-refractivity contribution in [1.29, 1.82) is 0 Å². The van der Waals surface area contributed by atoms with Gasteiger partial charge in [0, 0.05) is 36.6 Å². The zero-order valence-electron chi connectivity index (χ0n) is 12.2. The van der Waals surface area contributed by atoms with Crippen LogP contribution in [-0.4, -0.2) is 27.3 Å². The molecule has 0 aliphatic carbocycles. The fourth-order valence-electron chi connectivity index (χ4n) is 2.57. The number of nitrogens with zero attached hydrogens (tertiary/aromatic N) is 2. The van der Waals surface area contributed by atoms with Gasteiger partial charge in [0.25, 0.3) is 0 Å². The van der Waals surface area contributed by atoms with Gasteiger partial charge in [-0.05, 0) is 31.4 Å². The van der Waals surface area contributed by atoms with E-state index in [9.17, 15) is 0 Å².